The summed E-state index contributed by atoms with van der Waals surface area (Å²) in [7, 11) is 0. The van der Waals surface area contributed by atoms with Crippen LogP contribution in [-0.4, -0.2) is 19.9 Å². The Hall–Kier alpha value is -3.55. The van der Waals surface area contributed by atoms with Gasteiger partial charge in [-0.15, -0.1) is 0 Å². The predicted octanol–water partition coefficient (Wildman–Crippen LogP) is 3.32. The lowest BCUT2D eigenvalue weighted by Gasteiger charge is -2.09. The van der Waals surface area contributed by atoms with E-state index in [2.05, 4.69) is 20.3 Å². The van der Waals surface area contributed by atoms with Crippen LogP contribution in [0.3, 0.4) is 0 Å². The average Bonchev–Trinajstić information content (AvgIpc) is 2.56. The number of rotatable bonds is 5. The summed E-state index contributed by atoms with van der Waals surface area (Å²) < 4.78 is 5.50. The number of anilines is 2. The first-order valence-corrected chi connectivity index (χ1v) is 6.63. The van der Waals surface area contributed by atoms with Gasteiger partial charge in [-0.05, 0) is 24.3 Å². The van der Waals surface area contributed by atoms with Crippen LogP contribution in [-0.2, 0) is 0 Å². The summed E-state index contributed by atoms with van der Waals surface area (Å²) >= 11 is 0. The van der Waals surface area contributed by atoms with Gasteiger partial charge in [0.05, 0.1) is 16.8 Å². The molecule has 2 aromatic heterocycles. The lowest BCUT2D eigenvalue weighted by Crippen LogP contribution is -2.03. The second kappa shape index (κ2) is 6.48. The molecule has 0 saturated carbocycles. The number of nitrogens with one attached hydrogen (secondary N) is 1. The fourth-order valence-electron chi connectivity index (χ4n) is 1.87. The van der Waals surface area contributed by atoms with E-state index in [1.54, 1.807) is 42.6 Å². The molecule has 2 heterocycles. The lowest BCUT2D eigenvalue weighted by atomic mass is 10.3. The highest BCUT2D eigenvalue weighted by atomic mass is 16.6. The molecule has 0 aliphatic heterocycles. The molecule has 0 atom stereocenters. The van der Waals surface area contributed by atoms with Crippen molar-refractivity contribution in [1.82, 2.24) is 15.0 Å². The SMILES string of the molecule is O=[N+]([O-])c1c(Nc2cccnc2)ncnc1Oc1ccccc1. The zero-order valence-electron chi connectivity index (χ0n) is 11.8. The van der Waals surface area contributed by atoms with Gasteiger partial charge >= 0.3 is 11.6 Å². The van der Waals surface area contributed by atoms with Crippen molar-refractivity contribution < 1.29 is 9.66 Å². The highest BCUT2D eigenvalue weighted by Crippen LogP contribution is 2.35. The van der Waals surface area contributed by atoms with Crippen LogP contribution < -0.4 is 10.1 Å². The summed E-state index contributed by atoms with van der Waals surface area (Å²) in [5.74, 6) is 0.341. The van der Waals surface area contributed by atoms with E-state index in [9.17, 15) is 10.1 Å². The first kappa shape index (κ1) is 14.4. The molecule has 0 unspecified atom stereocenters. The van der Waals surface area contributed by atoms with E-state index in [4.69, 9.17) is 4.74 Å². The highest BCUT2D eigenvalue weighted by molar-refractivity contribution is 5.68. The quantitative estimate of drug-likeness (QED) is 0.569. The van der Waals surface area contributed by atoms with Crippen molar-refractivity contribution in [2.24, 2.45) is 0 Å². The highest BCUT2D eigenvalue weighted by Gasteiger charge is 2.25. The average molecular weight is 309 g/mol. The van der Waals surface area contributed by atoms with Gasteiger partial charge in [0.1, 0.15) is 12.1 Å². The van der Waals surface area contributed by atoms with Gasteiger partial charge in [0.25, 0.3) is 0 Å². The molecule has 0 spiro atoms. The molecule has 114 valence electrons. The fourth-order valence-corrected chi connectivity index (χ4v) is 1.87. The summed E-state index contributed by atoms with van der Waals surface area (Å²) in [5.41, 5.74) is 0.222. The van der Waals surface area contributed by atoms with Gasteiger partial charge in [0.15, 0.2) is 0 Å². The molecule has 1 N–H and O–H groups in total. The summed E-state index contributed by atoms with van der Waals surface area (Å²) in [6.45, 7) is 0. The molecule has 0 aliphatic rings. The van der Waals surface area contributed by atoms with Crippen molar-refractivity contribution in [3.05, 3.63) is 71.3 Å². The largest absolute Gasteiger partial charge is 0.434 e. The number of pyridine rings is 1. The zero-order valence-corrected chi connectivity index (χ0v) is 11.8. The Morgan fingerprint density at radius 3 is 2.61 bits per heavy atom. The smallest absolute Gasteiger partial charge is 0.373 e. The van der Waals surface area contributed by atoms with Crippen LogP contribution in [0.2, 0.25) is 0 Å². The maximum atomic E-state index is 11.4. The van der Waals surface area contributed by atoms with Crippen molar-refractivity contribution >= 4 is 17.2 Å². The van der Waals surface area contributed by atoms with Crippen LogP contribution in [0.15, 0.2) is 61.2 Å². The van der Waals surface area contributed by atoms with Gasteiger partial charge in [0, 0.05) is 6.20 Å². The molecule has 0 aliphatic carbocycles. The van der Waals surface area contributed by atoms with Crippen LogP contribution in [0.5, 0.6) is 11.6 Å². The van der Waals surface area contributed by atoms with Gasteiger partial charge < -0.3 is 10.1 Å². The monoisotopic (exact) mass is 309 g/mol. The zero-order chi connectivity index (χ0) is 16.1. The van der Waals surface area contributed by atoms with Crippen LogP contribution in [0.4, 0.5) is 17.2 Å². The first-order chi connectivity index (χ1) is 11.2. The number of ether oxygens (including phenoxy) is 1. The third-order valence-corrected chi connectivity index (χ3v) is 2.85. The van der Waals surface area contributed by atoms with Gasteiger partial charge in [-0.3, -0.25) is 15.1 Å². The number of benzene rings is 1. The van der Waals surface area contributed by atoms with E-state index in [1.807, 2.05) is 6.07 Å². The van der Waals surface area contributed by atoms with E-state index in [1.165, 1.54) is 12.5 Å². The lowest BCUT2D eigenvalue weighted by molar-refractivity contribution is -0.385. The van der Waals surface area contributed by atoms with Crippen molar-refractivity contribution in [1.29, 1.82) is 0 Å². The number of hydrogen-bond donors (Lipinski definition) is 1. The van der Waals surface area contributed by atoms with E-state index >= 15 is 0 Å². The Labute approximate surface area is 131 Å². The standard InChI is InChI=1S/C15H11N5O3/c21-20(22)13-14(19-11-5-4-8-16-9-11)17-10-18-15(13)23-12-6-2-1-3-7-12/h1-10H,(H,17,18,19). The summed E-state index contributed by atoms with van der Waals surface area (Å²) in [6.07, 6.45) is 4.33. The number of para-hydroxylation sites is 1. The Morgan fingerprint density at radius 1 is 1.09 bits per heavy atom. The van der Waals surface area contributed by atoms with E-state index in [0.717, 1.165) is 0 Å². The normalized spacial score (nSPS) is 10.1. The Bertz CT molecular complexity index is 752. The van der Waals surface area contributed by atoms with Gasteiger partial charge in [-0.25, -0.2) is 4.98 Å². The maximum absolute atomic E-state index is 11.4. The summed E-state index contributed by atoms with van der Waals surface area (Å²) in [4.78, 5) is 22.6. The molecule has 0 bridgehead atoms. The Morgan fingerprint density at radius 2 is 1.91 bits per heavy atom. The predicted molar refractivity (Wildman–Crippen MR) is 82.7 cm³/mol. The van der Waals surface area contributed by atoms with Gasteiger partial charge in [-0.1, -0.05) is 18.2 Å². The third-order valence-electron chi connectivity index (χ3n) is 2.85. The molecule has 8 heteroatoms. The topological polar surface area (TPSA) is 103 Å². The van der Waals surface area contributed by atoms with Crippen LogP contribution >= 0.6 is 0 Å². The molecule has 8 nitrogen and oxygen atoms in total. The molecule has 3 aromatic rings. The molecule has 0 amide bonds. The third kappa shape index (κ3) is 3.38. The summed E-state index contributed by atoms with van der Waals surface area (Å²) in [5, 5.41) is 14.3. The van der Waals surface area contributed by atoms with Crippen molar-refractivity contribution in [3.8, 4) is 11.6 Å². The fraction of sp³-hybridized carbons (Fsp3) is 0. The van der Waals surface area contributed by atoms with Crippen molar-refractivity contribution in [3.63, 3.8) is 0 Å². The minimum Gasteiger partial charge on any atom is -0.434 e. The molecule has 0 saturated heterocycles. The van der Waals surface area contributed by atoms with E-state index in [-0.39, 0.29) is 17.4 Å². The van der Waals surface area contributed by atoms with Gasteiger partial charge in [0.2, 0.25) is 5.82 Å². The van der Waals surface area contributed by atoms with Crippen LogP contribution in [0.1, 0.15) is 0 Å². The van der Waals surface area contributed by atoms with Gasteiger partial charge in [-0.2, -0.15) is 4.98 Å². The Balaban J connectivity index is 1.97. The van der Waals surface area contributed by atoms with Crippen LogP contribution in [0.25, 0.3) is 0 Å². The van der Waals surface area contributed by atoms with Crippen molar-refractivity contribution in [2.75, 3.05) is 5.32 Å². The second-order valence-corrected chi connectivity index (χ2v) is 4.41. The number of hydrogen-bond acceptors (Lipinski definition) is 7. The molecule has 1 aromatic carbocycles. The molecule has 0 radical (unpaired) electrons. The minimum absolute atomic E-state index is 0.0314. The number of aromatic nitrogens is 3. The molecule has 23 heavy (non-hydrogen) atoms. The number of nitro groups is 1. The molecular weight excluding hydrogens is 298 g/mol. The summed E-state index contributed by atoms with van der Waals surface area (Å²) in [6, 6.07) is 12.1. The molecule has 0 fully saturated rings. The number of nitrogens with zero attached hydrogens (tertiary/aromatic N) is 4. The maximum Gasteiger partial charge on any atom is 0.373 e. The van der Waals surface area contributed by atoms with Crippen LogP contribution in [0, 0.1) is 10.1 Å². The molecular formula is C15H11N5O3. The first-order valence-electron chi connectivity index (χ1n) is 6.63. The van der Waals surface area contributed by atoms with E-state index in [0.29, 0.717) is 11.4 Å². The molecule has 3 rings (SSSR count). The minimum atomic E-state index is -0.586. The van der Waals surface area contributed by atoms with Crippen molar-refractivity contribution in [2.45, 2.75) is 0 Å². The van der Waals surface area contributed by atoms with E-state index < -0.39 is 4.92 Å². The second-order valence-electron chi connectivity index (χ2n) is 4.41. The Kier molecular flexibility index (Phi) is 4.05.